The summed E-state index contributed by atoms with van der Waals surface area (Å²) < 4.78 is 10.6. The van der Waals surface area contributed by atoms with E-state index in [4.69, 9.17) is 8.94 Å². The predicted molar refractivity (Wildman–Crippen MR) is 115 cm³/mol. The van der Waals surface area contributed by atoms with Gasteiger partial charge in [0.1, 0.15) is 0 Å². The van der Waals surface area contributed by atoms with Gasteiger partial charge in [-0.15, -0.1) is 0 Å². The molecule has 2 aromatic carbocycles. The molecule has 0 aliphatic rings. The monoisotopic (exact) mass is 415 g/mol. The molecule has 0 unspecified atom stereocenters. The van der Waals surface area contributed by atoms with Gasteiger partial charge in [-0.05, 0) is 18.1 Å². The van der Waals surface area contributed by atoms with E-state index in [9.17, 15) is 9.59 Å². The summed E-state index contributed by atoms with van der Waals surface area (Å²) in [6, 6.07) is 22.4. The number of hydrogen-bond acceptors (Lipinski definition) is 5. The van der Waals surface area contributed by atoms with Crippen molar-refractivity contribution in [2.75, 3.05) is 13.1 Å². The van der Waals surface area contributed by atoms with Crippen LogP contribution in [0.3, 0.4) is 0 Å². The fourth-order valence-electron chi connectivity index (χ4n) is 3.11. The molecule has 7 heteroatoms. The number of aromatic nitrogens is 1. The third-order valence-corrected chi connectivity index (χ3v) is 4.68. The molecule has 0 radical (unpaired) electrons. The van der Waals surface area contributed by atoms with E-state index in [0.29, 0.717) is 25.3 Å². The zero-order chi connectivity index (χ0) is 21.5. The van der Waals surface area contributed by atoms with Crippen molar-refractivity contribution < 1.29 is 18.5 Å². The summed E-state index contributed by atoms with van der Waals surface area (Å²) in [6.45, 7) is 0.776. The Morgan fingerprint density at radius 1 is 0.806 bits per heavy atom. The SMILES string of the molecule is O=C(NCCCNC(=O)c1occc1-c1ccccc1)c1cc(-c2ccccc2)on1. The van der Waals surface area contributed by atoms with Crippen LogP contribution < -0.4 is 10.6 Å². The van der Waals surface area contributed by atoms with Gasteiger partial charge < -0.3 is 19.6 Å². The Balaban J connectivity index is 1.23. The molecule has 0 aliphatic carbocycles. The van der Waals surface area contributed by atoms with E-state index in [1.54, 1.807) is 12.1 Å². The van der Waals surface area contributed by atoms with Gasteiger partial charge in [0.05, 0.1) is 6.26 Å². The highest BCUT2D eigenvalue weighted by Crippen LogP contribution is 2.24. The summed E-state index contributed by atoms with van der Waals surface area (Å²) in [4.78, 5) is 24.7. The summed E-state index contributed by atoms with van der Waals surface area (Å²) >= 11 is 0. The van der Waals surface area contributed by atoms with Gasteiger partial charge in [0.25, 0.3) is 11.8 Å². The molecule has 0 spiro atoms. The lowest BCUT2D eigenvalue weighted by Gasteiger charge is -2.06. The molecular formula is C24H21N3O4. The van der Waals surface area contributed by atoms with Crippen LogP contribution >= 0.6 is 0 Å². The largest absolute Gasteiger partial charge is 0.459 e. The Labute approximate surface area is 179 Å². The summed E-state index contributed by atoms with van der Waals surface area (Å²) in [7, 11) is 0. The number of nitrogens with zero attached hydrogens (tertiary/aromatic N) is 1. The second-order valence-electron chi connectivity index (χ2n) is 6.84. The van der Waals surface area contributed by atoms with Crippen molar-refractivity contribution in [3.8, 4) is 22.5 Å². The van der Waals surface area contributed by atoms with E-state index in [-0.39, 0.29) is 23.3 Å². The molecular weight excluding hydrogens is 394 g/mol. The van der Waals surface area contributed by atoms with Crippen LogP contribution in [0.5, 0.6) is 0 Å². The quantitative estimate of drug-likeness (QED) is 0.421. The van der Waals surface area contributed by atoms with Crippen LogP contribution in [-0.2, 0) is 0 Å². The van der Waals surface area contributed by atoms with E-state index in [2.05, 4.69) is 15.8 Å². The first-order valence-corrected chi connectivity index (χ1v) is 9.94. The Hall–Kier alpha value is -4.13. The second kappa shape index (κ2) is 9.58. The third kappa shape index (κ3) is 4.90. The topological polar surface area (TPSA) is 97.4 Å². The van der Waals surface area contributed by atoms with Crippen LogP contribution in [0.2, 0.25) is 0 Å². The minimum atomic E-state index is -0.324. The molecule has 0 fully saturated rings. The number of furan rings is 1. The van der Waals surface area contributed by atoms with Crippen molar-refractivity contribution in [2.24, 2.45) is 0 Å². The normalized spacial score (nSPS) is 10.6. The van der Waals surface area contributed by atoms with Gasteiger partial charge in [-0.2, -0.15) is 0 Å². The van der Waals surface area contributed by atoms with Crippen LogP contribution in [0.1, 0.15) is 27.5 Å². The number of carbonyl (C=O) groups excluding carboxylic acids is 2. The van der Waals surface area contributed by atoms with E-state index in [0.717, 1.165) is 16.7 Å². The highest BCUT2D eigenvalue weighted by atomic mass is 16.5. The second-order valence-corrected chi connectivity index (χ2v) is 6.84. The fourth-order valence-corrected chi connectivity index (χ4v) is 3.11. The van der Waals surface area contributed by atoms with E-state index in [1.807, 2.05) is 60.7 Å². The van der Waals surface area contributed by atoms with Gasteiger partial charge in [-0.25, -0.2) is 0 Å². The summed E-state index contributed by atoms with van der Waals surface area (Å²) in [5.41, 5.74) is 2.72. The maximum Gasteiger partial charge on any atom is 0.287 e. The molecule has 0 aliphatic heterocycles. The lowest BCUT2D eigenvalue weighted by molar-refractivity contribution is 0.0926. The first kappa shape index (κ1) is 20.2. The van der Waals surface area contributed by atoms with Crippen molar-refractivity contribution in [3.63, 3.8) is 0 Å². The number of carbonyl (C=O) groups is 2. The van der Waals surface area contributed by atoms with Crippen LogP contribution in [0.25, 0.3) is 22.5 Å². The fraction of sp³-hybridized carbons (Fsp3) is 0.125. The maximum absolute atomic E-state index is 12.4. The molecule has 31 heavy (non-hydrogen) atoms. The Bertz CT molecular complexity index is 1150. The van der Waals surface area contributed by atoms with E-state index in [1.165, 1.54) is 6.26 Å². The van der Waals surface area contributed by atoms with Crippen molar-refractivity contribution in [2.45, 2.75) is 6.42 Å². The lowest BCUT2D eigenvalue weighted by Crippen LogP contribution is -2.30. The average molecular weight is 415 g/mol. The Morgan fingerprint density at radius 3 is 2.16 bits per heavy atom. The highest BCUT2D eigenvalue weighted by Gasteiger charge is 2.16. The van der Waals surface area contributed by atoms with Gasteiger partial charge in [0.15, 0.2) is 17.2 Å². The van der Waals surface area contributed by atoms with Crippen molar-refractivity contribution >= 4 is 11.8 Å². The number of rotatable bonds is 8. The van der Waals surface area contributed by atoms with Crippen molar-refractivity contribution in [3.05, 3.63) is 90.5 Å². The number of hydrogen-bond donors (Lipinski definition) is 2. The van der Waals surface area contributed by atoms with Crippen LogP contribution in [0, 0.1) is 0 Å². The molecule has 156 valence electrons. The molecule has 2 heterocycles. The van der Waals surface area contributed by atoms with Gasteiger partial charge in [0.2, 0.25) is 0 Å². The molecule has 7 nitrogen and oxygen atoms in total. The molecule has 0 atom stereocenters. The molecule has 4 rings (SSSR count). The lowest BCUT2D eigenvalue weighted by atomic mass is 10.1. The van der Waals surface area contributed by atoms with E-state index < -0.39 is 0 Å². The zero-order valence-electron chi connectivity index (χ0n) is 16.7. The smallest absolute Gasteiger partial charge is 0.287 e. The third-order valence-electron chi connectivity index (χ3n) is 4.68. The number of nitrogens with one attached hydrogen (secondary N) is 2. The van der Waals surface area contributed by atoms with Crippen molar-refractivity contribution in [1.29, 1.82) is 0 Å². The average Bonchev–Trinajstić information content (AvgIpc) is 3.50. The minimum Gasteiger partial charge on any atom is -0.459 e. The molecule has 0 bridgehead atoms. The number of benzene rings is 2. The predicted octanol–water partition coefficient (Wildman–Crippen LogP) is 4.15. The summed E-state index contributed by atoms with van der Waals surface area (Å²) in [5.74, 6) is 0.186. The molecule has 0 saturated heterocycles. The molecule has 2 aromatic heterocycles. The molecule has 0 saturated carbocycles. The maximum atomic E-state index is 12.4. The standard InChI is InChI=1S/C24H21N3O4/c28-23(20-16-21(31-27-20)18-10-5-2-6-11-18)25-13-7-14-26-24(29)22-19(12-15-30-22)17-8-3-1-4-9-17/h1-6,8-12,15-16H,7,13-14H2,(H,25,28)(H,26,29). The minimum absolute atomic E-state index is 0.214. The Kier molecular flexibility index (Phi) is 6.23. The van der Waals surface area contributed by atoms with Gasteiger partial charge in [-0.1, -0.05) is 65.8 Å². The Morgan fingerprint density at radius 2 is 1.45 bits per heavy atom. The summed E-state index contributed by atoms with van der Waals surface area (Å²) in [6.07, 6.45) is 2.06. The molecule has 2 amide bonds. The van der Waals surface area contributed by atoms with Gasteiger partial charge in [0, 0.05) is 30.3 Å². The van der Waals surface area contributed by atoms with Crippen LogP contribution in [-0.4, -0.2) is 30.1 Å². The summed E-state index contributed by atoms with van der Waals surface area (Å²) in [5, 5.41) is 9.41. The van der Waals surface area contributed by atoms with Gasteiger partial charge >= 0.3 is 0 Å². The first-order valence-electron chi connectivity index (χ1n) is 9.94. The van der Waals surface area contributed by atoms with Gasteiger partial charge in [-0.3, -0.25) is 9.59 Å². The number of amides is 2. The van der Waals surface area contributed by atoms with Crippen LogP contribution in [0.15, 0.2) is 88.0 Å². The van der Waals surface area contributed by atoms with Crippen molar-refractivity contribution in [1.82, 2.24) is 15.8 Å². The zero-order valence-corrected chi connectivity index (χ0v) is 16.7. The molecule has 4 aromatic rings. The van der Waals surface area contributed by atoms with Crippen LogP contribution in [0.4, 0.5) is 0 Å². The first-order chi connectivity index (χ1) is 15.2. The van der Waals surface area contributed by atoms with E-state index >= 15 is 0 Å². The molecule has 2 N–H and O–H groups in total. The highest BCUT2D eigenvalue weighted by molar-refractivity contribution is 5.98.